The highest BCUT2D eigenvalue weighted by atomic mass is 16.1. The first-order valence-corrected chi connectivity index (χ1v) is 5.18. The van der Waals surface area contributed by atoms with Crippen molar-refractivity contribution in [2.45, 2.75) is 48.0 Å². The van der Waals surface area contributed by atoms with Gasteiger partial charge in [0, 0.05) is 11.3 Å². The largest absolute Gasteiger partial charge is 0.299 e. The van der Waals surface area contributed by atoms with Crippen LogP contribution in [-0.2, 0) is 4.79 Å². The normalized spacial score (nSPS) is 28.8. The molecule has 0 aromatic rings. The summed E-state index contributed by atoms with van der Waals surface area (Å²) in [5.74, 6) is 1.42. The average Bonchev–Trinajstić information content (AvgIpc) is 2.58. The first kappa shape index (κ1) is 10.7. The van der Waals surface area contributed by atoms with Crippen LogP contribution in [0.1, 0.15) is 48.0 Å². The third-order valence-electron chi connectivity index (χ3n) is 2.98. The predicted molar refractivity (Wildman–Crippen MR) is 55.5 cm³/mol. The molecule has 0 N–H and O–H groups in total. The number of carbonyl (C=O) groups excluding carboxylic acids is 1. The van der Waals surface area contributed by atoms with E-state index in [-0.39, 0.29) is 5.41 Å². The van der Waals surface area contributed by atoms with E-state index in [2.05, 4.69) is 20.8 Å². The summed E-state index contributed by atoms with van der Waals surface area (Å²) in [6.45, 7) is 12.8. The van der Waals surface area contributed by atoms with Gasteiger partial charge in [0.25, 0.3) is 0 Å². The minimum Gasteiger partial charge on any atom is -0.299 e. The van der Waals surface area contributed by atoms with Crippen LogP contribution in [-0.4, -0.2) is 5.78 Å². The van der Waals surface area contributed by atoms with E-state index in [1.54, 1.807) is 0 Å². The van der Waals surface area contributed by atoms with E-state index in [0.29, 0.717) is 23.0 Å². The first-order chi connectivity index (χ1) is 5.64. The molecule has 1 nitrogen and oxygen atoms in total. The molecule has 0 radical (unpaired) electrons. The molecule has 76 valence electrons. The standard InChI is InChI=1S/C12H22O/c1-11(2,3)9-7-8(9)10(13)12(4,5)6/h8-9H,7H2,1-6H3. The van der Waals surface area contributed by atoms with Crippen molar-refractivity contribution in [3.05, 3.63) is 0 Å². The molecule has 0 bridgehead atoms. The van der Waals surface area contributed by atoms with Crippen LogP contribution < -0.4 is 0 Å². The van der Waals surface area contributed by atoms with Gasteiger partial charge in [-0.15, -0.1) is 0 Å². The van der Waals surface area contributed by atoms with E-state index < -0.39 is 0 Å². The van der Waals surface area contributed by atoms with Gasteiger partial charge in [0.1, 0.15) is 5.78 Å². The Morgan fingerprint density at radius 1 is 1.08 bits per heavy atom. The molecular formula is C12H22O. The minimum absolute atomic E-state index is 0.148. The summed E-state index contributed by atoms with van der Waals surface area (Å²) < 4.78 is 0. The monoisotopic (exact) mass is 182 g/mol. The van der Waals surface area contributed by atoms with Crippen molar-refractivity contribution >= 4 is 5.78 Å². The van der Waals surface area contributed by atoms with Gasteiger partial charge in [0.15, 0.2) is 0 Å². The van der Waals surface area contributed by atoms with Crippen LogP contribution >= 0.6 is 0 Å². The zero-order chi connectivity index (χ0) is 10.4. The van der Waals surface area contributed by atoms with E-state index in [0.717, 1.165) is 6.42 Å². The fourth-order valence-corrected chi connectivity index (χ4v) is 2.00. The zero-order valence-corrected chi connectivity index (χ0v) is 9.77. The second kappa shape index (κ2) is 2.83. The van der Waals surface area contributed by atoms with Crippen molar-refractivity contribution in [3.63, 3.8) is 0 Å². The lowest BCUT2D eigenvalue weighted by Crippen LogP contribution is -2.24. The second-order valence-corrected chi connectivity index (χ2v) is 6.43. The predicted octanol–water partition coefficient (Wildman–Crippen LogP) is 3.28. The number of rotatable bonds is 1. The Morgan fingerprint density at radius 2 is 1.54 bits per heavy atom. The van der Waals surface area contributed by atoms with Gasteiger partial charge in [0.2, 0.25) is 0 Å². The molecule has 0 aromatic heterocycles. The van der Waals surface area contributed by atoms with Crippen LogP contribution in [0.4, 0.5) is 0 Å². The van der Waals surface area contributed by atoms with E-state index in [4.69, 9.17) is 0 Å². The van der Waals surface area contributed by atoms with Gasteiger partial charge in [-0.25, -0.2) is 0 Å². The lowest BCUT2D eigenvalue weighted by atomic mass is 9.83. The molecule has 2 unspecified atom stereocenters. The van der Waals surface area contributed by atoms with Crippen LogP contribution in [0.15, 0.2) is 0 Å². The van der Waals surface area contributed by atoms with Crippen molar-refractivity contribution in [1.82, 2.24) is 0 Å². The van der Waals surface area contributed by atoms with E-state index >= 15 is 0 Å². The third-order valence-corrected chi connectivity index (χ3v) is 2.98. The summed E-state index contributed by atoms with van der Waals surface area (Å²) in [6, 6.07) is 0. The second-order valence-electron chi connectivity index (χ2n) is 6.43. The quantitative estimate of drug-likeness (QED) is 0.608. The summed E-state index contributed by atoms with van der Waals surface area (Å²) in [5.41, 5.74) is 0.163. The van der Waals surface area contributed by atoms with Crippen LogP contribution in [0.3, 0.4) is 0 Å². The maximum Gasteiger partial charge on any atom is 0.141 e. The molecule has 1 heteroatoms. The van der Waals surface area contributed by atoms with E-state index in [1.807, 2.05) is 20.8 Å². The third kappa shape index (κ3) is 2.32. The van der Waals surface area contributed by atoms with Crippen LogP contribution in [0.25, 0.3) is 0 Å². The highest BCUT2D eigenvalue weighted by molar-refractivity contribution is 5.88. The van der Waals surface area contributed by atoms with E-state index in [1.165, 1.54) is 0 Å². The molecule has 1 saturated carbocycles. The molecule has 13 heavy (non-hydrogen) atoms. The SMILES string of the molecule is CC(C)(C)C(=O)C1CC1C(C)(C)C. The van der Waals surface area contributed by atoms with Gasteiger partial charge < -0.3 is 0 Å². The molecule has 2 atom stereocenters. The Hall–Kier alpha value is -0.330. The molecule has 0 saturated heterocycles. The van der Waals surface area contributed by atoms with Crippen molar-refractivity contribution in [2.24, 2.45) is 22.7 Å². The Kier molecular flexibility index (Phi) is 2.34. The smallest absolute Gasteiger partial charge is 0.141 e. The molecule has 0 heterocycles. The Labute approximate surface area is 81.9 Å². The highest BCUT2D eigenvalue weighted by Gasteiger charge is 2.51. The van der Waals surface area contributed by atoms with Gasteiger partial charge in [0.05, 0.1) is 0 Å². The summed E-state index contributed by atoms with van der Waals surface area (Å²) >= 11 is 0. The van der Waals surface area contributed by atoms with Crippen molar-refractivity contribution < 1.29 is 4.79 Å². The van der Waals surface area contributed by atoms with Crippen LogP contribution in [0.2, 0.25) is 0 Å². The molecule has 1 fully saturated rings. The van der Waals surface area contributed by atoms with Crippen LogP contribution in [0, 0.1) is 22.7 Å². The van der Waals surface area contributed by atoms with Crippen molar-refractivity contribution in [1.29, 1.82) is 0 Å². The fraction of sp³-hybridized carbons (Fsp3) is 0.917. The van der Waals surface area contributed by atoms with Crippen LogP contribution in [0.5, 0.6) is 0 Å². The molecule has 1 aliphatic rings. The molecule has 0 spiro atoms. The molecule has 1 aliphatic carbocycles. The average molecular weight is 182 g/mol. The highest BCUT2D eigenvalue weighted by Crippen LogP contribution is 2.53. The summed E-state index contributed by atoms with van der Waals surface area (Å²) in [5, 5.41) is 0. The first-order valence-electron chi connectivity index (χ1n) is 5.18. The van der Waals surface area contributed by atoms with Gasteiger partial charge in [-0.05, 0) is 17.8 Å². The molecule has 0 amide bonds. The Balaban J connectivity index is 2.58. The zero-order valence-electron chi connectivity index (χ0n) is 9.77. The number of carbonyl (C=O) groups is 1. The number of Topliss-reactive ketones (excluding diaryl/α,β-unsaturated/α-hetero) is 1. The lowest BCUT2D eigenvalue weighted by Gasteiger charge is -2.21. The topological polar surface area (TPSA) is 17.1 Å². The number of ketones is 1. The van der Waals surface area contributed by atoms with Gasteiger partial charge in [-0.3, -0.25) is 4.79 Å². The van der Waals surface area contributed by atoms with Crippen molar-refractivity contribution in [2.75, 3.05) is 0 Å². The van der Waals surface area contributed by atoms with Gasteiger partial charge in [-0.1, -0.05) is 41.5 Å². The lowest BCUT2D eigenvalue weighted by molar-refractivity contribution is -0.128. The minimum atomic E-state index is -0.148. The molecular weight excluding hydrogens is 160 g/mol. The molecule has 0 aromatic carbocycles. The maximum absolute atomic E-state index is 11.9. The maximum atomic E-state index is 11.9. The molecule has 1 rings (SSSR count). The van der Waals surface area contributed by atoms with E-state index in [9.17, 15) is 4.79 Å². The summed E-state index contributed by atoms with van der Waals surface area (Å²) in [7, 11) is 0. The Morgan fingerprint density at radius 3 is 1.77 bits per heavy atom. The number of hydrogen-bond donors (Lipinski definition) is 0. The Bertz CT molecular complexity index is 214. The summed E-state index contributed by atoms with van der Waals surface area (Å²) in [4.78, 5) is 11.9. The fourth-order valence-electron chi connectivity index (χ4n) is 2.00. The van der Waals surface area contributed by atoms with Crippen molar-refractivity contribution in [3.8, 4) is 0 Å². The number of hydrogen-bond acceptors (Lipinski definition) is 1. The van der Waals surface area contributed by atoms with Gasteiger partial charge >= 0.3 is 0 Å². The molecule has 0 aliphatic heterocycles. The summed E-state index contributed by atoms with van der Waals surface area (Å²) in [6.07, 6.45) is 1.11. The van der Waals surface area contributed by atoms with Gasteiger partial charge in [-0.2, -0.15) is 0 Å².